The van der Waals surface area contributed by atoms with Gasteiger partial charge in [0.15, 0.2) is 5.79 Å². The van der Waals surface area contributed by atoms with Crippen LogP contribution in [0.4, 0.5) is 0 Å². The quantitative estimate of drug-likeness (QED) is 0.0843. The van der Waals surface area contributed by atoms with Gasteiger partial charge in [-0.15, -0.1) is 0 Å². The molecule has 1 saturated heterocycles. The van der Waals surface area contributed by atoms with Crippen LogP contribution in [0.1, 0.15) is 27.8 Å². The second-order valence-electron chi connectivity index (χ2n) is 12.0. The molecule has 0 amide bonds. The zero-order chi connectivity index (χ0) is 35.0. The highest BCUT2D eigenvalue weighted by Gasteiger charge is 2.56. The fourth-order valence-corrected chi connectivity index (χ4v) is 6.20. The first-order valence-electron chi connectivity index (χ1n) is 16.7. The van der Waals surface area contributed by atoms with Crippen LogP contribution < -0.4 is 0 Å². The lowest BCUT2D eigenvalue weighted by Crippen LogP contribution is -2.68. The van der Waals surface area contributed by atoms with Crippen molar-refractivity contribution in [2.45, 2.75) is 63.1 Å². The van der Waals surface area contributed by atoms with Crippen molar-refractivity contribution in [3.8, 4) is 0 Å². The van der Waals surface area contributed by atoms with Crippen molar-refractivity contribution in [3.05, 3.63) is 178 Å². The van der Waals surface area contributed by atoms with Crippen LogP contribution in [-0.4, -0.2) is 46.8 Å². The number of hydrogen-bond acceptors (Lipinski definition) is 6. The monoisotopic (exact) mass is 806 g/mol. The molecule has 0 unspecified atom stereocenters. The molecule has 5 aromatic rings. The number of hydrogen-bond donors (Lipinski definition) is 1. The highest BCUT2D eigenvalue weighted by molar-refractivity contribution is 14.1. The summed E-state index contributed by atoms with van der Waals surface area (Å²) in [6.07, 6.45) is -3.00. The van der Waals surface area contributed by atoms with Crippen LogP contribution in [0.3, 0.4) is 0 Å². The normalized spacial score (nSPS) is 21.6. The largest absolute Gasteiger partial charge is 0.374 e. The average molecular weight is 807 g/mol. The summed E-state index contributed by atoms with van der Waals surface area (Å²) >= 11 is 8.80. The molecule has 6 rings (SSSR count). The molecule has 0 bridgehead atoms. The Kier molecular flexibility index (Phi) is 15.3. The van der Waals surface area contributed by atoms with Gasteiger partial charge in [-0.3, -0.25) is 0 Å². The summed E-state index contributed by atoms with van der Waals surface area (Å²) < 4.78 is 33.0. The second-order valence-corrected chi connectivity index (χ2v) is 12.4. The fourth-order valence-electron chi connectivity index (χ4n) is 5.99. The van der Waals surface area contributed by atoms with E-state index in [0.717, 1.165) is 27.8 Å². The van der Waals surface area contributed by atoms with Crippen LogP contribution in [-0.2, 0) is 56.5 Å². The van der Waals surface area contributed by atoms with Gasteiger partial charge >= 0.3 is 0 Å². The molecule has 0 radical (unpaired) electrons. The molecule has 0 saturated carbocycles. The van der Waals surface area contributed by atoms with E-state index in [1.807, 2.05) is 144 Å². The molecule has 8 heteroatoms. The Morgan fingerprint density at radius 3 is 1.50 bits per heavy atom. The van der Waals surface area contributed by atoms with Gasteiger partial charge in [-0.25, -0.2) is 0 Å². The number of ether oxygens (including phenoxy) is 5. The molecule has 5 aromatic carbocycles. The van der Waals surface area contributed by atoms with Gasteiger partial charge < -0.3 is 28.8 Å². The lowest BCUT2D eigenvalue weighted by molar-refractivity contribution is -0.370. The zero-order valence-corrected chi connectivity index (χ0v) is 31.1. The van der Waals surface area contributed by atoms with E-state index in [9.17, 15) is 5.11 Å². The molecule has 0 aromatic heterocycles. The molecule has 1 aliphatic rings. The van der Waals surface area contributed by atoms with Gasteiger partial charge in [0, 0.05) is 11.4 Å². The zero-order valence-electron chi connectivity index (χ0n) is 28.2. The van der Waals surface area contributed by atoms with Crippen LogP contribution in [0.5, 0.6) is 0 Å². The van der Waals surface area contributed by atoms with E-state index in [0.29, 0.717) is 18.2 Å². The Hall–Kier alpha value is -3.12. The van der Waals surface area contributed by atoms with Gasteiger partial charge in [-0.05, 0) is 38.8 Å². The summed E-state index contributed by atoms with van der Waals surface area (Å²) in [7, 11) is 0. The summed E-state index contributed by atoms with van der Waals surface area (Å²) in [6.45, 7) is 1.34. The van der Waals surface area contributed by atoms with Crippen LogP contribution in [0, 0.1) is 0 Å². The lowest BCUT2D eigenvalue weighted by atomic mass is 9.87. The lowest BCUT2D eigenvalue weighted by Gasteiger charge is -2.50. The first-order valence-corrected chi connectivity index (χ1v) is 19.2. The van der Waals surface area contributed by atoms with E-state index in [2.05, 4.69) is 22.6 Å². The van der Waals surface area contributed by atoms with Gasteiger partial charge in [0.05, 0.1) is 33.0 Å². The predicted molar refractivity (Wildman–Crippen MR) is 206 cm³/mol. The molecular weight excluding hydrogens is 763 g/mol. The predicted octanol–water partition coefficient (Wildman–Crippen LogP) is 8.99. The van der Waals surface area contributed by atoms with Gasteiger partial charge in [-0.2, -0.15) is 0 Å². The summed E-state index contributed by atoms with van der Waals surface area (Å²) in [5.41, 5.74) is 4.70. The third-order valence-corrected chi connectivity index (χ3v) is 8.80. The van der Waals surface area contributed by atoms with Crippen LogP contribution in [0.25, 0.3) is 0 Å². The number of aliphatic hydroxyl groups is 1. The minimum absolute atomic E-state index is 0.0674. The molecule has 5 atom stereocenters. The Labute approximate surface area is 314 Å². The molecule has 6 nitrogen and oxygen atoms in total. The topological polar surface area (TPSA) is 66.4 Å². The third kappa shape index (κ3) is 10.9. The van der Waals surface area contributed by atoms with Crippen molar-refractivity contribution in [1.82, 2.24) is 0 Å². The Morgan fingerprint density at radius 1 is 0.580 bits per heavy atom. The molecule has 262 valence electrons. The molecular formula is C42H44ClIO6. The number of halogens is 2. The van der Waals surface area contributed by atoms with Crippen molar-refractivity contribution in [2.24, 2.45) is 0 Å². The molecule has 1 aliphatic heterocycles. The SMILES string of the molecule is CI.O[C@@]1(Cc2ccccc2Cl)O[C@H](COCc2ccccc2)[C@@H](OCc2ccccc2)[C@H](OCc2ccccc2)[C@H]1OCc1ccccc1. The number of alkyl halides is 1. The molecule has 1 heterocycles. The smallest absolute Gasteiger partial charge is 0.199 e. The fraction of sp³-hybridized carbons (Fsp3) is 0.286. The summed E-state index contributed by atoms with van der Waals surface area (Å²) in [6, 6.07) is 47.2. The first kappa shape index (κ1) is 38.1. The van der Waals surface area contributed by atoms with Gasteiger partial charge in [0.1, 0.15) is 24.4 Å². The van der Waals surface area contributed by atoms with Crippen LogP contribution in [0.15, 0.2) is 146 Å². The third-order valence-electron chi connectivity index (χ3n) is 8.43. The van der Waals surface area contributed by atoms with E-state index >= 15 is 0 Å². The van der Waals surface area contributed by atoms with E-state index in [-0.39, 0.29) is 26.2 Å². The minimum Gasteiger partial charge on any atom is -0.374 e. The minimum atomic E-state index is -1.84. The summed E-state index contributed by atoms with van der Waals surface area (Å²) in [4.78, 5) is 1.97. The van der Waals surface area contributed by atoms with Crippen molar-refractivity contribution < 1.29 is 28.8 Å². The van der Waals surface area contributed by atoms with Crippen LogP contribution >= 0.6 is 34.2 Å². The van der Waals surface area contributed by atoms with E-state index < -0.39 is 30.2 Å². The summed E-state index contributed by atoms with van der Waals surface area (Å²) in [5.74, 6) is -1.84. The maximum atomic E-state index is 12.6. The van der Waals surface area contributed by atoms with Crippen molar-refractivity contribution >= 4 is 34.2 Å². The Balaban J connectivity index is 0.00000239. The Morgan fingerprint density at radius 2 is 1.00 bits per heavy atom. The number of rotatable bonds is 15. The van der Waals surface area contributed by atoms with E-state index in [1.54, 1.807) is 6.07 Å². The van der Waals surface area contributed by atoms with E-state index in [1.165, 1.54) is 0 Å². The molecule has 0 aliphatic carbocycles. The molecule has 1 fully saturated rings. The number of benzene rings is 5. The first-order chi connectivity index (χ1) is 24.6. The molecule has 1 N–H and O–H groups in total. The molecule has 0 spiro atoms. The Bertz CT molecular complexity index is 1660. The maximum absolute atomic E-state index is 12.6. The van der Waals surface area contributed by atoms with Gasteiger partial charge in [0.2, 0.25) is 0 Å². The molecule has 50 heavy (non-hydrogen) atoms. The van der Waals surface area contributed by atoms with Gasteiger partial charge in [0.25, 0.3) is 0 Å². The van der Waals surface area contributed by atoms with Crippen LogP contribution in [0.2, 0.25) is 5.02 Å². The standard InChI is InChI=1S/C41H41ClO6.CH3I/c42-36-24-14-13-23-35(36)25-41(43)40(47-29-34-21-11-4-12-22-34)39(46-28-33-19-9-3-10-20-33)38(45-27-32-17-7-2-8-18-32)37(48-41)30-44-26-31-15-5-1-6-16-31;1-2/h1-24,37-40,43H,25-30H2;1H3/t37-,38-,39+,40-,41+;/m1./s1. The maximum Gasteiger partial charge on any atom is 0.199 e. The second kappa shape index (κ2) is 20.1. The highest BCUT2D eigenvalue weighted by Crippen LogP contribution is 2.38. The van der Waals surface area contributed by atoms with Crippen molar-refractivity contribution in [3.63, 3.8) is 0 Å². The van der Waals surface area contributed by atoms with Crippen molar-refractivity contribution in [1.29, 1.82) is 0 Å². The van der Waals surface area contributed by atoms with Crippen molar-refractivity contribution in [2.75, 3.05) is 11.5 Å². The summed E-state index contributed by atoms with van der Waals surface area (Å²) in [5, 5.41) is 13.2. The van der Waals surface area contributed by atoms with Gasteiger partial charge in [-0.1, -0.05) is 174 Å². The van der Waals surface area contributed by atoms with E-state index in [4.69, 9.17) is 35.3 Å². The average Bonchev–Trinajstić information content (AvgIpc) is 3.16. The highest BCUT2D eigenvalue weighted by atomic mass is 127.